The van der Waals surface area contributed by atoms with Crippen molar-refractivity contribution in [2.75, 3.05) is 6.61 Å². The lowest BCUT2D eigenvalue weighted by atomic mass is 9.50. The highest BCUT2D eigenvalue weighted by Crippen LogP contribution is 2.77. The second kappa shape index (κ2) is 4.44. The van der Waals surface area contributed by atoms with Crippen molar-refractivity contribution in [2.24, 2.45) is 40.9 Å². The topological polar surface area (TPSA) is 26.3 Å². The number of hydrogen-bond donors (Lipinski definition) is 0. The summed E-state index contributed by atoms with van der Waals surface area (Å²) in [5.74, 6) is 5.11. The van der Waals surface area contributed by atoms with Crippen LogP contribution in [0.15, 0.2) is 23.8 Å². The van der Waals surface area contributed by atoms with E-state index in [0.29, 0.717) is 17.1 Å². The fourth-order valence-corrected chi connectivity index (χ4v) is 8.16. The van der Waals surface area contributed by atoms with E-state index in [-0.39, 0.29) is 5.60 Å². The molecule has 6 aliphatic rings. The first-order valence-electron chi connectivity index (χ1n) is 10.2. The number of ketones is 1. The minimum absolute atomic E-state index is 0.222. The zero-order valence-electron chi connectivity index (χ0n) is 14.7. The highest BCUT2D eigenvalue weighted by Gasteiger charge is 2.76. The third-order valence-corrected chi connectivity index (χ3v) is 9.05. The predicted octanol–water partition coefficient (Wildman–Crippen LogP) is 4.31. The number of fused-ring (bicyclic) bond motifs is 9. The lowest BCUT2D eigenvalue weighted by Crippen LogP contribution is -2.54. The number of rotatable bonds is 0. The zero-order valence-corrected chi connectivity index (χ0v) is 14.7. The lowest BCUT2D eigenvalue weighted by Gasteiger charge is -2.56. The molecule has 0 radical (unpaired) electrons. The van der Waals surface area contributed by atoms with Crippen molar-refractivity contribution in [1.29, 1.82) is 0 Å². The molecule has 0 aromatic heterocycles. The molecule has 2 heteroatoms. The molecule has 1 spiro atoms. The maximum atomic E-state index is 11.8. The van der Waals surface area contributed by atoms with Gasteiger partial charge in [-0.25, -0.2) is 0 Å². The number of carbonyl (C=O) groups excluding carboxylic acids is 1. The Bertz CT molecular complexity index is 667. The van der Waals surface area contributed by atoms with E-state index in [1.807, 2.05) is 6.08 Å². The highest BCUT2D eigenvalue weighted by atomic mass is 16.5. The molecule has 3 saturated carbocycles. The SMILES string of the molecule is C[C@]12CCC3C(C=CC4=CC(=O)CC[C@@H]43)C1C1CC1[C@@]21CCCO1. The number of carbonyl (C=O) groups is 1. The molecule has 4 fully saturated rings. The molecule has 2 nitrogen and oxygen atoms in total. The smallest absolute Gasteiger partial charge is 0.155 e. The maximum absolute atomic E-state index is 11.8. The highest BCUT2D eigenvalue weighted by molar-refractivity contribution is 5.91. The number of allylic oxidation sites excluding steroid dienone is 4. The summed E-state index contributed by atoms with van der Waals surface area (Å²) < 4.78 is 6.55. The molecule has 8 atom stereocenters. The first-order chi connectivity index (χ1) is 11.6. The third-order valence-electron chi connectivity index (χ3n) is 9.05. The number of hydrogen-bond acceptors (Lipinski definition) is 2. The fourth-order valence-electron chi connectivity index (χ4n) is 8.16. The molecular formula is C22H28O2. The van der Waals surface area contributed by atoms with Crippen LogP contribution in [0.3, 0.4) is 0 Å². The predicted molar refractivity (Wildman–Crippen MR) is 92.3 cm³/mol. The van der Waals surface area contributed by atoms with Gasteiger partial charge >= 0.3 is 0 Å². The van der Waals surface area contributed by atoms with Gasteiger partial charge in [0, 0.05) is 18.4 Å². The van der Waals surface area contributed by atoms with Gasteiger partial charge in [-0.1, -0.05) is 19.1 Å². The van der Waals surface area contributed by atoms with Gasteiger partial charge in [-0.2, -0.15) is 0 Å². The first kappa shape index (κ1) is 14.3. The minimum Gasteiger partial charge on any atom is -0.374 e. The average Bonchev–Trinajstić information content (AvgIpc) is 3.13. The van der Waals surface area contributed by atoms with Crippen molar-refractivity contribution in [1.82, 2.24) is 0 Å². The van der Waals surface area contributed by atoms with Gasteiger partial charge in [-0.05, 0) is 85.7 Å². The monoisotopic (exact) mass is 324 g/mol. The van der Waals surface area contributed by atoms with Crippen LogP contribution in [0, 0.1) is 40.9 Å². The Morgan fingerprint density at radius 3 is 2.96 bits per heavy atom. The minimum atomic E-state index is 0.222. The van der Waals surface area contributed by atoms with E-state index in [1.165, 1.54) is 37.7 Å². The summed E-state index contributed by atoms with van der Waals surface area (Å²) in [7, 11) is 0. The van der Waals surface area contributed by atoms with Crippen LogP contribution < -0.4 is 0 Å². The van der Waals surface area contributed by atoms with Crippen LogP contribution in [0.25, 0.3) is 0 Å². The van der Waals surface area contributed by atoms with E-state index in [1.54, 1.807) is 0 Å². The average molecular weight is 324 g/mol. The van der Waals surface area contributed by atoms with Gasteiger partial charge in [0.25, 0.3) is 0 Å². The second-order valence-electron chi connectivity index (χ2n) is 9.69. The van der Waals surface area contributed by atoms with E-state index in [4.69, 9.17) is 4.74 Å². The molecule has 0 N–H and O–H groups in total. The molecular weight excluding hydrogens is 296 g/mol. The summed E-state index contributed by atoms with van der Waals surface area (Å²) in [6, 6.07) is 0. The van der Waals surface area contributed by atoms with Crippen LogP contribution >= 0.6 is 0 Å². The van der Waals surface area contributed by atoms with Crippen LogP contribution in [0.5, 0.6) is 0 Å². The largest absolute Gasteiger partial charge is 0.374 e. The van der Waals surface area contributed by atoms with E-state index in [0.717, 1.165) is 49.0 Å². The van der Waals surface area contributed by atoms with Crippen LogP contribution in [0.4, 0.5) is 0 Å². The van der Waals surface area contributed by atoms with Crippen molar-refractivity contribution in [3.8, 4) is 0 Å². The third kappa shape index (κ3) is 1.51. The summed E-state index contributed by atoms with van der Waals surface area (Å²) in [6.07, 6.45) is 15.3. The molecule has 1 aliphatic heterocycles. The van der Waals surface area contributed by atoms with Gasteiger partial charge in [0.05, 0.1) is 5.60 Å². The summed E-state index contributed by atoms with van der Waals surface area (Å²) in [5.41, 5.74) is 1.96. The van der Waals surface area contributed by atoms with E-state index in [2.05, 4.69) is 19.1 Å². The second-order valence-corrected chi connectivity index (χ2v) is 9.69. The zero-order chi connectivity index (χ0) is 16.1. The Hall–Kier alpha value is -0.890. The van der Waals surface area contributed by atoms with Gasteiger partial charge < -0.3 is 4.74 Å². The molecule has 5 unspecified atom stereocenters. The van der Waals surface area contributed by atoms with Crippen molar-refractivity contribution < 1.29 is 9.53 Å². The Balaban J connectivity index is 1.42. The molecule has 128 valence electrons. The Kier molecular flexibility index (Phi) is 2.64. The summed E-state index contributed by atoms with van der Waals surface area (Å²) in [5, 5.41) is 0. The van der Waals surface area contributed by atoms with E-state index >= 15 is 0 Å². The van der Waals surface area contributed by atoms with Crippen LogP contribution in [0.2, 0.25) is 0 Å². The summed E-state index contributed by atoms with van der Waals surface area (Å²) in [6.45, 7) is 3.57. The van der Waals surface area contributed by atoms with Gasteiger partial charge in [0.2, 0.25) is 0 Å². The Morgan fingerprint density at radius 1 is 1.21 bits per heavy atom. The Morgan fingerprint density at radius 2 is 2.12 bits per heavy atom. The molecule has 0 aromatic carbocycles. The normalized spacial score (nSPS) is 57.2. The molecule has 1 heterocycles. The molecule has 0 aromatic rings. The molecule has 24 heavy (non-hydrogen) atoms. The van der Waals surface area contributed by atoms with Crippen LogP contribution in [-0.2, 0) is 9.53 Å². The van der Waals surface area contributed by atoms with Crippen molar-refractivity contribution >= 4 is 5.78 Å². The molecule has 6 rings (SSSR count). The standard InChI is InChI=1S/C22H28O2/c1-21-9-7-16-15-6-4-14(23)11-13(15)3-5-17(16)20(21)18-12-19(18)22(21)8-2-10-24-22/h3,5,11,15-20H,2,4,6-10,12H2,1H3/t15-,16?,17?,18?,19?,20?,21-,22-/m0/s1. The quantitative estimate of drug-likeness (QED) is 0.664. The molecule has 1 saturated heterocycles. The van der Waals surface area contributed by atoms with Gasteiger partial charge in [-0.3, -0.25) is 4.79 Å². The molecule has 0 amide bonds. The van der Waals surface area contributed by atoms with E-state index in [9.17, 15) is 4.79 Å². The van der Waals surface area contributed by atoms with Gasteiger partial charge in [0.15, 0.2) is 5.78 Å². The maximum Gasteiger partial charge on any atom is 0.155 e. The van der Waals surface area contributed by atoms with Crippen molar-refractivity contribution in [2.45, 2.75) is 57.5 Å². The van der Waals surface area contributed by atoms with Gasteiger partial charge in [-0.15, -0.1) is 0 Å². The lowest BCUT2D eigenvalue weighted by molar-refractivity contribution is -0.139. The summed E-state index contributed by atoms with van der Waals surface area (Å²) in [4.78, 5) is 11.8. The van der Waals surface area contributed by atoms with Crippen molar-refractivity contribution in [3.63, 3.8) is 0 Å². The molecule has 0 bridgehead atoms. The Labute approximate surface area is 144 Å². The molecule has 5 aliphatic carbocycles. The van der Waals surface area contributed by atoms with Crippen LogP contribution in [0.1, 0.15) is 51.9 Å². The van der Waals surface area contributed by atoms with Gasteiger partial charge in [0.1, 0.15) is 0 Å². The first-order valence-corrected chi connectivity index (χ1v) is 10.2. The number of ether oxygens (including phenoxy) is 1. The van der Waals surface area contributed by atoms with E-state index < -0.39 is 0 Å². The van der Waals surface area contributed by atoms with Crippen LogP contribution in [-0.4, -0.2) is 18.0 Å². The summed E-state index contributed by atoms with van der Waals surface area (Å²) >= 11 is 0. The fraction of sp³-hybridized carbons (Fsp3) is 0.773. The van der Waals surface area contributed by atoms with Crippen molar-refractivity contribution in [3.05, 3.63) is 23.8 Å².